The van der Waals surface area contributed by atoms with Gasteiger partial charge in [0, 0.05) is 28.7 Å². The summed E-state index contributed by atoms with van der Waals surface area (Å²) in [4.78, 5) is 40.8. The molecular formula is C18H17N3O3. The minimum absolute atomic E-state index is 0.159. The van der Waals surface area contributed by atoms with E-state index >= 15 is 0 Å². The summed E-state index contributed by atoms with van der Waals surface area (Å²) in [6.07, 6.45) is 0. The lowest BCUT2D eigenvalue weighted by molar-refractivity contribution is 0.102. The van der Waals surface area contributed by atoms with E-state index in [9.17, 15) is 14.4 Å². The van der Waals surface area contributed by atoms with Crippen LogP contribution < -0.4 is 16.4 Å². The lowest BCUT2D eigenvalue weighted by Crippen LogP contribution is -2.19. The molecule has 0 unspecified atom stereocenters. The molecule has 0 bridgehead atoms. The number of amides is 1. The third-order valence-corrected chi connectivity index (χ3v) is 3.88. The summed E-state index contributed by atoms with van der Waals surface area (Å²) in [6.45, 7) is 5.44. The minimum Gasteiger partial charge on any atom is -0.322 e. The summed E-state index contributed by atoms with van der Waals surface area (Å²) < 4.78 is 0. The van der Waals surface area contributed by atoms with Crippen molar-refractivity contribution in [2.24, 2.45) is 0 Å². The zero-order chi connectivity index (χ0) is 17.4. The van der Waals surface area contributed by atoms with Crippen molar-refractivity contribution < 1.29 is 4.79 Å². The summed E-state index contributed by atoms with van der Waals surface area (Å²) in [5.41, 5.74) is 3.44. The molecule has 0 aliphatic rings. The molecule has 24 heavy (non-hydrogen) atoms. The molecule has 1 amide bonds. The summed E-state index contributed by atoms with van der Waals surface area (Å²) in [6, 6.07) is 8.20. The monoisotopic (exact) mass is 323 g/mol. The van der Waals surface area contributed by atoms with E-state index in [0.717, 1.165) is 22.0 Å². The maximum atomic E-state index is 12.4. The van der Waals surface area contributed by atoms with Gasteiger partial charge in [0.1, 0.15) is 5.69 Å². The van der Waals surface area contributed by atoms with E-state index in [0.29, 0.717) is 11.3 Å². The predicted octanol–water partition coefficient (Wildman–Crippen LogP) is 2.39. The largest absolute Gasteiger partial charge is 0.322 e. The number of pyridine rings is 2. The zero-order valence-corrected chi connectivity index (χ0v) is 13.6. The highest BCUT2D eigenvalue weighted by atomic mass is 16.2. The quantitative estimate of drug-likeness (QED) is 0.676. The molecule has 2 aromatic heterocycles. The van der Waals surface area contributed by atoms with Crippen LogP contribution in [0.25, 0.3) is 10.9 Å². The number of aromatic amines is 2. The molecule has 0 spiro atoms. The molecule has 0 atom stereocenters. The smallest absolute Gasteiger partial charge is 0.272 e. The van der Waals surface area contributed by atoms with Gasteiger partial charge in [-0.25, -0.2) is 0 Å². The van der Waals surface area contributed by atoms with Crippen molar-refractivity contribution >= 4 is 22.5 Å². The van der Waals surface area contributed by atoms with Gasteiger partial charge in [0.2, 0.25) is 11.1 Å². The Morgan fingerprint density at radius 3 is 2.29 bits per heavy atom. The Labute approximate surface area is 137 Å². The minimum atomic E-state index is -0.389. The van der Waals surface area contributed by atoms with E-state index in [1.165, 1.54) is 12.1 Å². The SMILES string of the molecule is Cc1cc(C(=O)Nc2cc3c(C)cc(=O)[nH]c3cc2C)[nH]c(=O)c1. The molecule has 2 heterocycles. The highest BCUT2D eigenvalue weighted by Gasteiger charge is 2.11. The average molecular weight is 323 g/mol. The van der Waals surface area contributed by atoms with Crippen LogP contribution in [0.1, 0.15) is 27.2 Å². The third-order valence-electron chi connectivity index (χ3n) is 3.88. The molecule has 6 nitrogen and oxygen atoms in total. The van der Waals surface area contributed by atoms with Crippen LogP contribution in [0.4, 0.5) is 5.69 Å². The molecule has 0 radical (unpaired) electrons. The number of H-pyrrole nitrogens is 2. The van der Waals surface area contributed by atoms with Crippen molar-refractivity contribution in [1.82, 2.24) is 9.97 Å². The second kappa shape index (κ2) is 5.81. The number of anilines is 1. The van der Waals surface area contributed by atoms with Gasteiger partial charge >= 0.3 is 0 Å². The van der Waals surface area contributed by atoms with Gasteiger partial charge in [0.05, 0.1) is 0 Å². The topological polar surface area (TPSA) is 94.8 Å². The molecule has 0 fully saturated rings. The van der Waals surface area contributed by atoms with Gasteiger partial charge in [-0.05, 0) is 55.7 Å². The fourth-order valence-electron chi connectivity index (χ4n) is 2.71. The number of hydrogen-bond donors (Lipinski definition) is 3. The number of fused-ring (bicyclic) bond motifs is 1. The van der Waals surface area contributed by atoms with Crippen molar-refractivity contribution in [2.75, 3.05) is 5.32 Å². The van der Waals surface area contributed by atoms with E-state index in [-0.39, 0.29) is 22.7 Å². The van der Waals surface area contributed by atoms with Crippen LogP contribution in [0.15, 0.2) is 39.9 Å². The van der Waals surface area contributed by atoms with Gasteiger partial charge in [-0.15, -0.1) is 0 Å². The Morgan fingerprint density at radius 2 is 1.58 bits per heavy atom. The van der Waals surface area contributed by atoms with Crippen LogP contribution in [-0.4, -0.2) is 15.9 Å². The van der Waals surface area contributed by atoms with E-state index in [4.69, 9.17) is 0 Å². The molecule has 3 N–H and O–H groups in total. The molecule has 6 heteroatoms. The van der Waals surface area contributed by atoms with E-state index in [2.05, 4.69) is 15.3 Å². The molecule has 122 valence electrons. The number of rotatable bonds is 2. The van der Waals surface area contributed by atoms with Crippen molar-refractivity contribution in [1.29, 1.82) is 0 Å². The number of nitrogens with one attached hydrogen (secondary N) is 3. The van der Waals surface area contributed by atoms with E-state index in [1.807, 2.05) is 26.0 Å². The van der Waals surface area contributed by atoms with E-state index in [1.54, 1.807) is 13.0 Å². The second-order valence-corrected chi connectivity index (χ2v) is 5.92. The first kappa shape index (κ1) is 15.7. The van der Waals surface area contributed by atoms with Crippen LogP contribution in [0.5, 0.6) is 0 Å². The lowest BCUT2D eigenvalue weighted by Gasteiger charge is -2.11. The van der Waals surface area contributed by atoms with Gasteiger partial charge in [-0.2, -0.15) is 0 Å². The molecule has 3 rings (SSSR count). The molecule has 1 aromatic carbocycles. The highest BCUT2D eigenvalue weighted by Crippen LogP contribution is 2.24. The molecule has 3 aromatic rings. The Balaban J connectivity index is 2.03. The maximum Gasteiger partial charge on any atom is 0.272 e. The molecule has 0 saturated carbocycles. The Hall–Kier alpha value is -3.15. The van der Waals surface area contributed by atoms with Gasteiger partial charge in [-0.3, -0.25) is 14.4 Å². The first-order valence-corrected chi connectivity index (χ1v) is 7.50. The van der Waals surface area contributed by atoms with Crippen LogP contribution in [0.2, 0.25) is 0 Å². The Bertz CT molecular complexity index is 1080. The Kier molecular flexibility index (Phi) is 3.81. The van der Waals surface area contributed by atoms with Crippen molar-refractivity contribution in [3.8, 4) is 0 Å². The summed E-state index contributed by atoms with van der Waals surface area (Å²) in [7, 11) is 0. The number of carbonyl (C=O) groups is 1. The van der Waals surface area contributed by atoms with Crippen LogP contribution >= 0.6 is 0 Å². The summed E-state index contributed by atoms with van der Waals surface area (Å²) in [5.74, 6) is -0.389. The normalized spacial score (nSPS) is 10.8. The van der Waals surface area contributed by atoms with Crippen LogP contribution in [0.3, 0.4) is 0 Å². The summed E-state index contributed by atoms with van der Waals surface area (Å²) >= 11 is 0. The number of benzene rings is 1. The second-order valence-electron chi connectivity index (χ2n) is 5.92. The number of aromatic nitrogens is 2. The first-order valence-electron chi connectivity index (χ1n) is 7.50. The van der Waals surface area contributed by atoms with Gasteiger partial charge in [0.25, 0.3) is 5.91 Å². The highest BCUT2D eigenvalue weighted by molar-refractivity contribution is 6.04. The number of aryl methyl sites for hydroxylation is 3. The zero-order valence-electron chi connectivity index (χ0n) is 13.6. The first-order chi connectivity index (χ1) is 11.3. The van der Waals surface area contributed by atoms with Gasteiger partial charge < -0.3 is 15.3 Å². The molecular weight excluding hydrogens is 306 g/mol. The lowest BCUT2D eigenvalue weighted by atomic mass is 10.1. The number of hydrogen-bond acceptors (Lipinski definition) is 3. The molecule has 0 aliphatic heterocycles. The van der Waals surface area contributed by atoms with Crippen LogP contribution in [-0.2, 0) is 0 Å². The van der Waals surface area contributed by atoms with Gasteiger partial charge in [-0.1, -0.05) is 0 Å². The average Bonchev–Trinajstić information content (AvgIpc) is 2.47. The fraction of sp³-hybridized carbons (Fsp3) is 0.167. The van der Waals surface area contributed by atoms with Crippen molar-refractivity contribution in [2.45, 2.75) is 20.8 Å². The number of carbonyl (C=O) groups excluding carboxylic acids is 1. The third kappa shape index (κ3) is 2.99. The Morgan fingerprint density at radius 1 is 0.875 bits per heavy atom. The standard InChI is InChI=1S/C18H17N3O3/c1-9-4-15(20-16(22)5-9)18(24)21-13-8-12-10(2)7-17(23)19-14(12)6-11(13)3/h4-8H,1-3H3,(H,19,23)(H,20,22)(H,21,24). The van der Waals surface area contributed by atoms with Gasteiger partial charge in [0.15, 0.2) is 0 Å². The summed E-state index contributed by atoms with van der Waals surface area (Å²) in [5, 5.41) is 3.67. The van der Waals surface area contributed by atoms with Crippen LogP contribution in [0, 0.1) is 20.8 Å². The molecule has 0 saturated heterocycles. The predicted molar refractivity (Wildman–Crippen MR) is 93.8 cm³/mol. The van der Waals surface area contributed by atoms with Crippen molar-refractivity contribution in [3.63, 3.8) is 0 Å². The van der Waals surface area contributed by atoms with E-state index < -0.39 is 0 Å². The fourth-order valence-corrected chi connectivity index (χ4v) is 2.71. The maximum absolute atomic E-state index is 12.4. The van der Waals surface area contributed by atoms with Crippen molar-refractivity contribution in [3.05, 3.63) is 73.4 Å². The molecule has 0 aliphatic carbocycles.